The molecule has 0 aliphatic heterocycles. The van der Waals surface area contributed by atoms with Crippen LogP contribution in [0.4, 0.5) is 5.69 Å². The third-order valence-corrected chi connectivity index (χ3v) is 4.26. The summed E-state index contributed by atoms with van der Waals surface area (Å²) in [4.78, 5) is 35.9. The predicted octanol–water partition coefficient (Wildman–Crippen LogP) is 2.95. The van der Waals surface area contributed by atoms with Gasteiger partial charge in [0.2, 0.25) is 11.8 Å². The molecule has 154 valence electrons. The molecule has 7 nitrogen and oxygen atoms in total. The number of carbonyl (C=O) groups excluding carboxylic acids is 3. The van der Waals surface area contributed by atoms with Gasteiger partial charge in [-0.3, -0.25) is 25.2 Å². The highest BCUT2D eigenvalue weighted by atomic mass is 16.5. The number of nitrogens with one attached hydrogen (secondary N) is 3. The van der Waals surface area contributed by atoms with Crippen LogP contribution in [0.25, 0.3) is 0 Å². The lowest BCUT2D eigenvalue weighted by Gasteiger charge is -2.15. The van der Waals surface area contributed by atoms with Crippen molar-refractivity contribution in [1.29, 1.82) is 0 Å². The van der Waals surface area contributed by atoms with Gasteiger partial charge in [-0.25, -0.2) is 0 Å². The maximum Gasteiger partial charge on any atom is 0.279 e. The number of amides is 3. The Hall–Kier alpha value is -3.35. The fourth-order valence-electron chi connectivity index (χ4n) is 2.56. The number of hydrogen-bond acceptors (Lipinski definition) is 4. The Morgan fingerprint density at radius 2 is 1.48 bits per heavy atom. The monoisotopic (exact) mass is 397 g/mol. The maximum absolute atomic E-state index is 12.0. The van der Waals surface area contributed by atoms with Crippen molar-refractivity contribution >= 4 is 23.4 Å². The Kier molecular flexibility index (Phi) is 7.77. The van der Waals surface area contributed by atoms with Crippen molar-refractivity contribution in [2.45, 2.75) is 46.6 Å². The Balaban J connectivity index is 1.70. The Morgan fingerprint density at radius 3 is 2.14 bits per heavy atom. The molecule has 2 aromatic carbocycles. The van der Waals surface area contributed by atoms with Crippen molar-refractivity contribution in [3.8, 4) is 5.75 Å². The first kappa shape index (κ1) is 21.9. The van der Waals surface area contributed by atoms with E-state index in [-0.39, 0.29) is 18.7 Å². The zero-order chi connectivity index (χ0) is 21.4. The molecule has 0 aromatic heterocycles. The zero-order valence-electron chi connectivity index (χ0n) is 17.2. The van der Waals surface area contributed by atoms with Gasteiger partial charge < -0.3 is 10.1 Å². The van der Waals surface area contributed by atoms with Crippen LogP contribution in [0.1, 0.15) is 36.5 Å². The molecule has 3 amide bonds. The van der Waals surface area contributed by atoms with Crippen LogP contribution in [0.2, 0.25) is 0 Å². The minimum absolute atomic E-state index is 0.00441. The fourth-order valence-corrected chi connectivity index (χ4v) is 2.56. The molecular weight excluding hydrogens is 370 g/mol. The van der Waals surface area contributed by atoms with E-state index >= 15 is 0 Å². The average Bonchev–Trinajstić information content (AvgIpc) is 2.68. The van der Waals surface area contributed by atoms with Crippen molar-refractivity contribution < 1.29 is 19.1 Å². The summed E-state index contributed by atoms with van der Waals surface area (Å²) in [5.41, 5.74) is 8.47. The van der Waals surface area contributed by atoms with Gasteiger partial charge in [-0.2, -0.15) is 0 Å². The van der Waals surface area contributed by atoms with Crippen molar-refractivity contribution in [3.63, 3.8) is 0 Å². The molecule has 0 aliphatic rings. The molecule has 1 atom stereocenters. The molecule has 29 heavy (non-hydrogen) atoms. The van der Waals surface area contributed by atoms with Crippen LogP contribution in [0.3, 0.4) is 0 Å². The fraction of sp³-hybridized carbons (Fsp3) is 0.318. The van der Waals surface area contributed by atoms with E-state index in [2.05, 4.69) is 16.2 Å². The second-order valence-electron chi connectivity index (χ2n) is 6.98. The van der Waals surface area contributed by atoms with Crippen LogP contribution in [0.5, 0.6) is 5.75 Å². The largest absolute Gasteiger partial charge is 0.481 e. The van der Waals surface area contributed by atoms with Crippen molar-refractivity contribution in [1.82, 2.24) is 10.9 Å². The lowest BCUT2D eigenvalue weighted by atomic mass is 10.1. The summed E-state index contributed by atoms with van der Waals surface area (Å²) in [6.07, 6.45) is -0.833. The third kappa shape index (κ3) is 7.29. The molecule has 2 rings (SSSR count). The normalized spacial score (nSPS) is 11.3. The zero-order valence-corrected chi connectivity index (χ0v) is 17.2. The summed E-state index contributed by atoms with van der Waals surface area (Å²) >= 11 is 0. The van der Waals surface area contributed by atoms with Gasteiger partial charge in [-0.05, 0) is 51.5 Å². The molecule has 3 N–H and O–H groups in total. The number of carbonyl (C=O) groups is 3. The minimum atomic E-state index is -0.786. The van der Waals surface area contributed by atoms with E-state index in [1.165, 1.54) is 0 Å². The van der Waals surface area contributed by atoms with Gasteiger partial charge in [-0.1, -0.05) is 35.4 Å². The minimum Gasteiger partial charge on any atom is -0.481 e. The Labute approximate surface area is 170 Å². The molecule has 0 saturated heterocycles. The second-order valence-corrected chi connectivity index (χ2v) is 6.98. The number of rotatable bonds is 7. The maximum atomic E-state index is 12.0. The molecule has 0 saturated carbocycles. The van der Waals surface area contributed by atoms with Crippen LogP contribution in [0.15, 0.2) is 42.5 Å². The molecule has 0 spiro atoms. The first-order valence-electron chi connectivity index (χ1n) is 9.43. The molecule has 0 unspecified atom stereocenters. The van der Waals surface area contributed by atoms with E-state index in [1.54, 1.807) is 19.1 Å². The quantitative estimate of drug-likeness (QED) is 0.626. The third-order valence-electron chi connectivity index (χ3n) is 4.26. The van der Waals surface area contributed by atoms with Gasteiger partial charge in [0, 0.05) is 18.5 Å². The number of ether oxygens (including phenoxy) is 1. The summed E-state index contributed by atoms with van der Waals surface area (Å²) in [5, 5.41) is 2.78. The Bertz CT molecular complexity index is 878. The lowest BCUT2D eigenvalue weighted by molar-refractivity contribution is -0.133. The number of hydrazine groups is 1. The first-order valence-corrected chi connectivity index (χ1v) is 9.43. The van der Waals surface area contributed by atoms with Crippen LogP contribution in [-0.4, -0.2) is 23.8 Å². The van der Waals surface area contributed by atoms with E-state index in [0.717, 1.165) is 22.4 Å². The molecule has 0 radical (unpaired) electrons. The number of benzene rings is 2. The van der Waals surface area contributed by atoms with Crippen molar-refractivity contribution in [3.05, 3.63) is 59.2 Å². The van der Waals surface area contributed by atoms with Crippen LogP contribution in [-0.2, 0) is 14.4 Å². The molecule has 0 bridgehead atoms. The van der Waals surface area contributed by atoms with Crippen molar-refractivity contribution in [2.24, 2.45) is 0 Å². The first-order chi connectivity index (χ1) is 13.7. The van der Waals surface area contributed by atoms with Gasteiger partial charge >= 0.3 is 0 Å². The number of hydrogen-bond donors (Lipinski definition) is 3. The molecule has 7 heteroatoms. The standard InChI is InChI=1S/C22H27N3O4/c1-14-5-8-18(9-6-14)29-17(4)22(28)25-24-21(27)12-11-20(26)23-19-10-7-15(2)13-16(19)3/h5-10,13,17H,11-12H2,1-4H3,(H,23,26)(H,24,27)(H,25,28)/t17-/m1/s1. The summed E-state index contributed by atoms with van der Waals surface area (Å²) in [5.74, 6) is -0.655. The molecule has 2 aromatic rings. The predicted molar refractivity (Wildman–Crippen MR) is 111 cm³/mol. The lowest BCUT2D eigenvalue weighted by Crippen LogP contribution is -2.47. The topological polar surface area (TPSA) is 96.5 Å². The van der Waals surface area contributed by atoms with Gasteiger partial charge in [0.25, 0.3) is 5.91 Å². The van der Waals surface area contributed by atoms with Crippen LogP contribution < -0.4 is 20.9 Å². The van der Waals surface area contributed by atoms with E-state index in [0.29, 0.717) is 5.75 Å². The van der Waals surface area contributed by atoms with E-state index in [4.69, 9.17) is 4.74 Å². The highest BCUT2D eigenvalue weighted by molar-refractivity contribution is 5.94. The molecule has 0 fully saturated rings. The molecule has 0 aliphatic carbocycles. The molecular formula is C22H27N3O4. The summed E-state index contributed by atoms with van der Waals surface area (Å²) in [6, 6.07) is 13.0. The summed E-state index contributed by atoms with van der Waals surface area (Å²) in [6.45, 7) is 7.42. The van der Waals surface area contributed by atoms with E-state index in [1.807, 2.05) is 51.1 Å². The van der Waals surface area contributed by atoms with Gasteiger partial charge in [0.1, 0.15) is 5.75 Å². The van der Waals surface area contributed by atoms with Crippen LogP contribution in [0, 0.1) is 20.8 Å². The SMILES string of the molecule is Cc1ccc(O[C@H](C)C(=O)NNC(=O)CCC(=O)Nc2ccc(C)cc2C)cc1. The van der Waals surface area contributed by atoms with Gasteiger partial charge in [0.05, 0.1) is 0 Å². The second kappa shape index (κ2) is 10.3. The number of aryl methyl sites for hydroxylation is 3. The van der Waals surface area contributed by atoms with Crippen LogP contribution >= 0.6 is 0 Å². The highest BCUT2D eigenvalue weighted by Crippen LogP contribution is 2.16. The Morgan fingerprint density at radius 1 is 0.862 bits per heavy atom. The van der Waals surface area contributed by atoms with Gasteiger partial charge in [0.15, 0.2) is 6.10 Å². The van der Waals surface area contributed by atoms with Gasteiger partial charge in [-0.15, -0.1) is 0 Å². The summed E-state index contributed by atoms with van der Waals surface area (Å²) < 4.78 is 5.52. The smallest absolute Gasteiger partial charge is 0.279 e. The molecule has 0 heterocycles. The average molecular weight is 397 g/mol. The van der Waals surface area contributed by atoms with E-state index in [9.17, 15) is 14.4 Å². The number of anilines is 1. The van der Waals surface area contributed by atoms with Crippen molar-refractivity contribution in [2.75, 3.05) is 5.32 Å². The highest BCUT2D eigenvalue weighted by Gasteiger charge is 2.16. The van der Waals surface area contributed by atoms with E-state index < -0.39 is 17.9 Å². The summed E-state index contributed by atoms with van der Waals surface area (Å²) in [7, 11) is 0.